The van der Waals surface area contributed by atoms with Gasteiger partial charge in [-0.2, -0.15) is 0 Å². The molecule has 1 heterocycles. The lowest BCUT2D eigenvalue weighted by molar-refractivity contribution is -0.105. The van der Waals surface area contributed by atoms with E-state index in [0.29, 0.717) is 5.04 Å². The summed E-state index contributed by atoms with van der Waals surface area (Å²) in [6.07, 6.45) is 1.87. The first kappa shape index (κ1) is 8.14. The highest BCUT2D eigenvalue weighted by Crippen LogP contribution is 2.35. The summed E-state index contributed by atoms with van der Waals surface area (Å²) in [4.78, 5) is 15.0. The van der Waals surface area contributed by atoms with Gasteiger partial charge in [0.25, 0.3) is 0 Å². The third kappa shape index (κ3) is 1.55. The van der Waals surface area contributed by atoms with Crippen molar-refractivity contribution in [1.82, 2.24) is 0 Å². The maximum Gasteiger partial charge on any atom is 0.246 e. The minimum absolute atomic E-state index is 0.109. The maximum atomic E-state index is 11.0. The normalized spacial score (nSPS) is 23.1. The molecule has 1 rings (SSSR count). The van der Waals surface area contributed by atoms with Gasteiger partial charge in [0.2, 0.25) is 5.12 Å². The van der Waals surface area contributed by atoms with Gasteiger partial charge in [-0.05, 0) is 20.1 Å². The lowest BCUT2D eigenvalue weighted by Crippen LogP contribution is -2.05. The number of carbonyl (C=O) groups excluding carboxylic acids is 1. The van der Waals surface area contributed by atoms with Crippen LogP contribution < -0.4 is 0 Å². The summed E-state index contributed by atoms with van der Waals surface area (Å²) in [5, 5.41) is 0.757. The smallest absolute Gasteiger partial charge is 0.246 e. The van der Waals surface area contributed by atoms with Crippen molar-refractivity contribution in [2.75, 3.05) is 6.26 Å². The van der Waals surface area contributed by atoms with E-state index in [1.54, 1.807) is 0 Å². The third-order valence-electron chi connectivity index (χ3n) is 1.08. The molecule has 0 amide bonds. The van der Waals surface area contributed by atoms with Gasteiger partial charge in [-0.3, -0.25) is 9.79 Å². The van der Waals surface area contributed by atoms with Crippen molar-refractivity contribution in [2.45, 2.75) is 18.7 Å². The minimum atomic E-state index is -0.227. The van der Waals surface area contributed by atoms with Crippen molar-refractivity contribution in [3.05, 3.63) is 0 Å². The van der Waals surface area contributed by atoms with Crippen LogP contribution in [0.1, 0.15) is 13.8 Å². The molecular formula is C6H9NOS2. The summed E-state index contributed by atoms with van der Waals surface area (Å²) in [5.41, 5.74) is 0. The second-order valence-electron chi connectivity index (χ2n) is 2.46. The molecule has 0 aliphatic carbocycles. The van der Waals surface area contributed by atoms with Crippen molar-refractivity contribution in [1.29, 1.82) is 0 Å². The molecule has 0 saturated carbocycles. The van der Waals surface area contributed by atoms with Crippen LogP contribution in [0.25, 0.3) is 0 Å². The lowest BCUT2D eigenvalue weighted by atomic mass is 10.4. The summed E-state index contributed by atoms with van der Waals surface area (Å²) >= 11 is 2.71. The molecule has 0 unspecified atom stereocenters. The van der Waals surface area contributed by atoms with Crippen LogP contribution in [0.5, 0.6) is 0 Å². The number of aliphatic imine (C=N–C) groups is 1. The highest BCUT2D eigenvalue weighted by molar-refractivity contribution is 8.26. The average Bonchev–Trinajstić information content (AvgIpc) is 2.05. The first-order valence-electron chi connectivity index (χ1n) is 2.92. The van der Waals surface area contributed by atoms with Crippen molar-refractivity contribution < 1.29 is 4.79 Å². The predicted octanol–water partition coefficient (Wildman–Crippen LogP) is 1.76. The van der Waals surface area contributed by atoms with E-state index >= 15 is 0 Å². The Labute approximate surface area is 68.9 Å². The number of hydrogen-bond acceptors (Lipinski definition) is 4. The van der Waals surface area contributed by atoms with E-state index in [-0.39, 0.29) is 9.99 Å². The van der Waals surface area contributed by atoms with Crippen LogP contribution in [0.3, 0.4) is 0 Å². The van der Waals surface area contributed by atoms with Gasteiger partial charge in [0.05, 0.1) is 0 Å². The van der Waals surface area contributed by atoms with E-state index in [2.05, 4.69) is 4.99 Å². The third-order valence-corrected chi connectivity index (χ3v) is 2.84. The lowest BCUT2D eigenvalue weighted by Gasteiger charge is -2.07. The van der Waals surface area contributed by atoms with Gasteiger partial charge in [-0.15, -0.1) is 11.8 Å². The van der Waals surface area contributed by atoms with Gasteiger partial charge >= 0.3 is 0 Å². The van der Waals surface area contributed by atoms with E-state index in [1.807, 2.05) is 20.1 Å². The largest absolute Gasteiger partial charge is 0.279 e. The quantitative estimate of drug-likeness (QED) is 0.562. The summed E-state index contributed by atoms with van der Waals surface area (Å²) in [5.74, 6) is 0. The van der Waals surface area contributed by atoms with Gasteiger partial charge in [-0.25, -0.2) is 0 Å². The summed E-state index contributed by atoms with van der Waals surface area (Å²) in [6.45, 7) is 3.89. The first-order chi connectivity index (χ1) is 4.55. The van der Waals surface area contributed by atoms with Gasteiger partial charge in [0.15, 0.2) is 0 Å². The fourth-order valence-corrected chi connectivity index (χ4v) is 2.36. The SMILES string of the molecule is CSC1=NC(C)(C)SC1=O. The minimum Gasteiger partial charge on any atom is -0.279 e. The van der Waals surface area contributed by atoms with E-state index < -0.39 is 0 Å². The van der Waals surface area contributed by atoms with Crippen LogP contribution in [0.2, 0.25) is 0 Å². The zero-order valence-electron chi connectivity index (χ0n) is 6.17. The van der Waals surface area contributed by atoms with Crippen LogP contribution in [0.15, 0.2) is 4.99 Å². The van der Waals surface area contributed by atoms with E-state index in [0.717, 1.165) is 0 Å². The Morgan fingerprint density at radius 1 is 1.60 bits per heavy atom. The molecule has 0 atom stereocenters. The molecule has 0 bridgehead atoms. The highest BCUT2D eigenvalue weighted by Gasteiger charge is 2.32. The fourth-order valence-electron chi connectivity index (χ4n) is 0.712. The van der Waals surface area contributed by atoms with Gasteiger partial charge in [0, 0.05) is 0 Å². The molecule has 0 aromatic heterocycles. The zero-order valence-corrected chi connectivity index (χ0v) is 7.80. The Bertz CT molecular complexity index is 198. The molecule has 1 aliphatic heterocycles. The molecule has 0 radical (unpaired) electrons. The predicted molar refractivity (Wildman–Crippen MR) is 47.6 cm³/mol. The highest BCUT2D eigenvalue weighted by atomic mass is 32.2. The fraction of sp³-hybridized carbons (Fsp3) is 0.667. The van der Waals surface area contributed by atoms with Crippen molar-refractivity contribution >= 4 is 33.7 Å². The molecule has 10 heavy (non-hydrogen) atoms. The van der Waals surface area contributed by atoms with Crippen molar-refractivity contribution in [3.8, 4) is 0 Å². The molecule has 1 aliphatic rings. The summed E-state index contributed by atoms with van der Waals surface area (Å²) in [6, 6.07) is 0. The molecule has 0 N–H and O–H groups in total. The van der Waals surface area contributed by atoms with Crippen LogP contribution in [-0.4, -0.2) is 21.3 Å². The van der Waals surface area contributed by atoms with Crippen LogP contribution >= 0.6 is 23.5 Å². The first-order valence-corrected chi connectivity index (χ1v) is 4.96. The monoisotopic (exact) mass is 175 g/mol. The second kappa shape index (κ2) is 2.58. The number of nitrogens with zero attached hydrogens (tertiary/aromatic N) is 1. The number of rotatable bonds is 0. The number of thioether (sulfide) groups is 2. The van der Waals surface area contributed by atoms with Crippen LogP contribution in [0.4, 0.5) is 0 Å². The van der Waals surface area contributed by atoms with E-state index in [1.165, 1.54) is 23.5 Å². The summed E-state index contributed by atoms with van der Waals surface area (Å²) < 4.78 is 0. The molecule has 56 valence electrons. The molecule has 0 saturated heterocycles. The molecule has 2 nitrogen and oxygen atoms in total. The zero-order chi connectivity index (χ0) is 7.78. The Kier molecular flexibility index (Phi) is 2.10. The van der Waals surface area contributed by atoms with Crippen LogP contribution in [-0.2, 0) is 4.79 Å². The number of carbonyl (C=O) groups is 1. The molecule has 0 spiro atoms. The topological polar surface area (TPSA) is 29.4 Å². The van der Waals surface area contributed by atoms with Crippen LogP contribution in [0, 0.1) is 0 Å². The van der Waals surface area contributed by atoms with Gasteiger partial charge < -0.3 is 0 Å². The molecule has 4 heteroatoms. The van der Waals surface area contributed by atoms with Gasteiger partial charge in [0.1, 0.15) is 9.91 Å². The van der Waals surface area contributed by atoms with Crippen molar-refractivity contribution in [2.24, 2.45) is 4.99 Å². The second-order valence-corrected chi connectivity index (χ2v) is 4.83. The number of hydrogen-bond donors (Lipinski definition) is 0. The standard InChI is InChI=1S/C6H9NOS2/c1-6(2)7-4(9-3)5(8)10-6/h1-3H3. The maximum absolute atomic E-state index is 11.0. The van der Waals surface area contributed by atoms with Gasteiger partial charge in [-0.1, -0.05) is 11.8 Å². The molecule has 0 aromatic rings. The van der Waals surface area contributed by atoms with E-state index in [9.17, 15) is 4.79 Å². The summed E-state index contributed by atoms with van der Waals surface area (Å²) in [7, 11) is 0. The Hall–Kier alpha value is 0.0400. The molecule has 0 aromatic carbocycles. The Balaban J connectivity index is 2.82. The molecular weight excluding hydrogens is 166 g/mol. The Morgan fingerprint density at radius 2 is 2.20 bits per heavy atom. The average molecular weight is 175 g/mol. The molecule has 0 fully saturated rings. The van der Waals surface area contributed by atoms with E-state index in [4.69, 9.17) is 0 Å². The Morgan fingerprint density at radius 3 is 2.40 bits per heavy atom. The van der Waals surface area contributed by atoms with Crippen molar-refractivity contribution in [3.63, 3.8) is 0 Å².